The average molecular weight is 255 g/mol. The van der Waals surface area contributed by atoms with Gasteiger partial charge in [0.05, 0.1) is 18.3 Å². The first-order chi connectivity index (χ1) is 8.52. The van der Waals surface area contributed by atoms with Gasteiger partial charge in [-0.1, -0.05) is 18.2 Å². The van der Waals surface area contributed by atoms with Crippen molar-refractivity contribution in [1.82, 2.24) is 9.78 Å². The fourth-order valence-electron chi connectivity index (χ4n) is 1.74. The second-order valence-electron chi connectivity index (χ2n) is 3.82. The van der Waals surface area contributed by atoms with E-state index in [1.165, 1.54) is 23.0 Å². The van der Waals surface area contributed by atoms with Gasteiger partial charge in [0.1, 0.15) is 0 Å². The summed E-state index contributed by atoms with van der Waals surface area (Å²) < 4.78 is 40.1. The number of aromatic nitrogens is 2. The Labute approximate surface area is 102 Å². The summed E-state index contributed by atoms with van der Waals surface area (Å²) in [7, 11) is 0. The lowest BCUT2D eigenvalue weighted by molar-refractivity contribution is -0.137. The predicted molar refractivity (Wildman–Crippen MR) is 61.7 cm³/mol. The van der Waals surface area contributed by atoms with E-state index in [9.17, 15) is 13.2 Å². The van der Waals surface area contributed by atoms with Gasteiger partial charge >= 0.3 is 6.18 Å². The van der Waals surface area contributed by atoms with Gasteiger partial charge in [0.25, 0.3) is 0 Å². The predicted octanol–water partition coefficient (Wildman–Crippen LogP) is 2.53. The lowest BCUT2D eigenvalue weighted by Crippen LogP contribution is -2.09. The molecule has 0 amide bonds. The largest absolute Gasteiger partial charge is 0.417 e. The van der Waals surface area contributed by atoms with Crippen LogP contribution in [0.25, 0.3) is 11.1 Å². The van der Waals surface area contributed by atoms with Crippen LogP contribution in [-0.4, -0.2) is 16.3 Å². The first-order valence-electron chi connectivity index (χ1n) is 5.41. The van der Waals surface area contributed by atoms with Crippen LogP contribution in [-0.2, 0) is 12.7 Å². The number of nitrogens with two attached hydrogens (primary N) is 1. The van der Waals surface area contributed by atoms with Gasteiger partial charge < -0.3 is 5.73 Å². The van der Waals surface area contributed by atoms with Crippen molar-refractivity contribution in [2.45, 2.75) is 12.7 Å². The third kappa shape index (κ3) is 2.53. The van der Waals surface area contributed by atoms with Crippen LogP contribution in [0.4, 0.5) is 13.2 Å². The molecule has 2 N–H and O–H groups in total. The molecular formula is C12H12F3N3. The lowest BCUT2D eigenvalue weighted by Gasteiger charge is -2.10. The molecule has 6 heteroatoms. The maximum atomic E-state index is 12.8. The first-order valence-corrected chi connectivity index (χ1v) is 5.41. The minimum absolute atomic E-state index is 0.133. The summed E-state index contributed by atoms with van der Waals surface area (Å²) in [5.41, 5.74) is 5.29. The normalized spacial score (nSPS) is 11.8. The highest BCUT2D eigenvalue weighted by Gasteiger charge is 2.33. The minimum atomic E-state index is -4.37. The van der Waals surface area contributed by atoms with E-state index in [1.54, 1.807) is 12.3 Å². The zero-order valence-electron chi connectivity index (χ0n) is 9.48. The molecule has 1 aromatic carbocycles. The number of alkyl halides is 3. The van der Waals surface area contributed by atoms with Gasteiger partial charge in [-0.05, 0) is 11.6 Å². The van der Waals surface area contributed by atoms with Gasteiger partial charge in [-0.15, -0.1) is 0 Å². The van der Waals surface area contributed by atoms with Gasteiger partial charge in [0, 0.05) is 18.3 Å². The Balaban J connectivity index is 2.43. The van der Waals surface area contributed by atoms with Crippen LogP contribution in [0.2, 0.25) is 0 Å². The Bertz CT molecular complexity index is 531. The highest BCUT2D eigenvalue weighted by Crippen LogP contribution is 2.36. The van der Waals surface area contributed by atoms with Crippen molar-refractivity contribution in [1.29, 1.82) is 0 Å². The number of hydrogen-bond acceptors (Lipinski definition) is 2. The molecule has 0 aliphatic rings. The van der Waals surface area contributed by atoms with Crippen molar-refractivity contribution >= 4 is 0 Å². The highest BCUT2D eigenvalue weighted by atomic mass is 19.4. The summed E-state index contributed by atoms with van der Waals surface area (Å²) in [4.78, 5) is 0. The number of rotatable bonds is 3. The summed E-state index contributed by atoms with van der Waals surface area (Å²) in [6, 6.07) is 5.45. The van der Waals surface area contributed by atoms with Gasteiger partial charge in [-0.25, -0.2) is 0 Å². The summed E-state index contributed by atoms with van der Waals surface area (Å²) in [5, 5.41) is 3.97. The quantitative estimate of drug-likeness (QED) is 0.915. The van der Waals surface area contributed by atoms with E-state index < -0.39 is 11.7 Å². The van der Waals surface area contributed by atoms with Crippen molar-refractivity contribution in [3.05, 3.63) is 42.2 Å². The molecule has 0 saturated heterocycles. The Morgan fingerprint density at radius 2 is 1.94 bits per heavy atom. The molecule has 0 radical (unpaired) electrons. The van der Waals surface area contributed by atoms with Crippen LogP contribution in [0.5, 0.6) is 0 Å². The van der Waals surface area contributed by atoms with E-state index in [0.29, 0.717) is 18.7 Å². The molecule has 0 saturated carbocycles. The third-order valence-electron chi connectivity index (χ3n) is 2.53. The minimum Gasteiger partial charge on any atom is -0.329 e. The number of benzene rings is 1. The fourth-order valence-corrected chi connectivity index (χ4v) is 1.74. The molecule has 0 aliphatic carbocycles. The second-order valence-corrected chi connectivity index (χ2v) is 3.82. The topological polar surface area (TPSA) is 43.8 Å². The van der Waals surface area contributed by atoms with E-state index in [1.807, 2.05) is 0 Å². The number of halogens is 3. The first kappa shape index (κ1) is 12.6. The van der Waals surface area contributed by atoms with E-state index in [4.69, 9.17) is 5.73 Å². The summed E-state index contributed by atoms with van der Waals surface area (Å²) in [6.07, 6.45) is -1.38. The molecule has 18 heavy (non-hydrogen) atoms. The lowest BCUT2D eigenvalue weighted by atomic mass is 10.0. The molecule has 0 bridgehead atoms. The van der Waals surface area contributed by atoms with Gasteiger partial charge in [-0.3, -0.25) is 4.68 Å². The van der Waals surface area contributed by atoms with E-state index in [2.05, 4.69) is 5.10 Å². The van der Waals surface area contributed by atoms with E-state index in [-0.39, 0.29) is 5.56 Å². The van der Waals surface area contributed by atoms with Crippen LogP contribution in [0.3, 0.4) is 0 Å². The summed E-state index contributed by atoms with van der Waals surface area (Å²) in [6.45, 7) is 0.871. The van der Waals surface area contributed by atoms with Crippen LogP contribution < -0.4 is 5.73 Å². The number of nitrogens with zero attached hydrogens (tertiary/aromatic N) is 2. The van der Waals surface area contributed by atoms with Crippen molar-refractivity contribution in [2.24, 2.45) is 5.73 Å². The smallest absolute Gasteiger partial charge is 0.329 e. The van der Waals surface area contributed by atoms with Gasteiger partial charge in [0.2, 0.25) is 0 Å². The zero-order valence-corrected chi connectivity index (χ0v) is 9.48. The van der Waals surface area contributed by atoms with Crippen LogP contribution in [0.15, 0.2) is 36.7 Å². The van der Waals surface area contributed by atoms with Gasteiger partial charge in [-0.2, -0.15) is 18.3 Å². The Morgan fingerprint density at radius 3 is 2.61 bits per heavy atom. The molecule has 0 spiro atoms. The van der Waals surface area contributed by atoms with Crippen molar-refractivity contribution in [2.75, 3.05) is 6.54 Å². The van der Waals surface area contributed by atoms with Crippen LogP contribution >= 0.6 is 0 Å². The molecule has 2 aromatic rings. The molecule has 0 unspecified atom stereocenters. The molecule has 96 valence electrons. The standard InChI is InChI=1S/C12H12F3N3/c13-12(14,15)11-4-2-1-3-10(11)9-7-17-18(8-9)6-5-16/h1-4,7-8H,5-6,16H2. The molecule has 3 nitrogen and oxygen atoms in total. The maximum Gasteiger partial charge on any atom is 0.417 e. The van der Waals surface area contributed by atoms with Crippen LogP contribution in [0.1, 0.15) is 5.56 Å². The Kier molecular flexibility index (Phi) is 3.38. The molecular weight excluding hydrogens is 243 g/mol. The zero-order chi connectivity index (χ0) is 13.2. The Hall–Kier alpha value is -1.82. The monoisotopic (exact) mass is 255 g/mol. The molecule has 0 aliphatic heterocycles. The highest BCUT2D eigenvalue weighted by molar-refractivity contribution is 5.66. The molecule has 0 atom stereocenters. The average Bonchev–Trinajstić information content (AvgIpc) is 2.77. The molecule has 1 heterocycles. The SMILES string of the molecule is NCCn1cc(-c2ccccc2C(F)(F)F)cn1. The fraction of sp³-hybridized carbons (Fsp3) is 0.250. The van der Waals surface area contributed by atoms with E-state index >= 15 is 0 Å². The maximum absolute atomic E-state index is 12.8. The number of hydrogen-bond donors (Lipinski definition) is 1. The molecule has 1 aromatic heterocycles. The summed E-state index contributed by atoms with van der Waals surface area (Å²) >= 11 is 0. The van der Waals surface area contributed by atoms with Crippen molar-refractivity contribution < 1.29 is 13.2 Å². The summed E-state index contributed by atoms with van der Waals surface area (Å²) in [5.74, 6) is 0. The second kappa shape index (κ2) is 4.81. The third-order valence-corrected chi connectivity index (χ3v) is 2.53. The van der Waals surface area contributed by atoms with Gasteiger partial charge in [0.15, 0.2) is 0 Å². The van der Waals surface area contributed by atoms with Crippen molar-refractivity contribution in [3.63, 3.8) is 0 Å². The van der Waals surface area contributed by atoms with Crippen LogP contribution in [0, 0.1) is 0 Å². The van der Waals surface area contributed by atoms with Crippen molar-refractivity contribution in [3.8, 4) is 11.1 Å². The Morgan fingerprint density at radius 1 is 1.22 bits per heavy atom. The van der Waals surface area contributed by atoms with E-state index in [0.717, 1.165) is 6.07 Å². The molecule has 2 rings (SSSR count). The molecule has 0 fully saturated rings.